The Morgan fingerprint density at radius 2 is 1.83 bits per heavy atom. The van der Waals surface area contributed by atoms with E-state index in [1.807, 2.05) is 31.2 Å². The number of rotatable bonds is 5. The topological polar surface area (TPSA) is 67.4 Å². The third kappa shape index (κ3) is 5.34. The molecule has 1 aromatic rings. The third-order valence-electron chi connectivity index (χ3n) is 2.14. The van der Waals surface area contributed by atoms with Crippen molar-refractivity contribution in [2.75, 3.05) is 6.61 Å². The van der Waals surface area contributed by atoms with E-state index in [2.05, 4.69) is 10.9 Å². The van der Waals surface area contributed by atoms with E-state index in [-0.39, 0.29) is 18.2 Å². The van der Waals surface area contributed by atoms with Crippen LogP contribution in [0.3, 0.4) is 0 Å². The van der Waals surface area contributed by atoms with Gasteiger partial charge < -0.3 is 4.74 Å². The molecule has 0 saturated carbocycles. The number of carbonyl (C=O) groups excluding carboxylic acids is 2. The lowest BCUT2D eigenvalue weighted by Crippen LogP contribution is -2.41. The van der Waals surface area contributed by atoms with Gasteiger partial charge in [0.05, 0.1) is 13.0 Å². The maximum atomic E-state index is 11.4. The summed E-state index contributed by atoms with van der Waals surface area (Å²) >= 11 is 0. The van der Waals surface area contributed by atoms with Crippen molar-refractivity contribution in [3.63, 3.8) is 0 Å². The summed E-state index contributed by atoms with van der Waals surface area (Å²) in [5.74, 6) is 0.238. The molecule has 0 atom stereocenters. The van der Waals surface area contributed by atoms with Crippen LogP contribution in [0.15, 0.2) is 24.3 Å². The van der Waals surface area contributed by atoms with E-state index in [0.717, 1.165) is 17.7 Å². The van der Waals surface area contributed by atoms with E-state index in [0.29, 0.717) is 6.61 Å². The lowest BCUT2D eigenvalue weighted by atomic mass is 10.1. The Kier molecular flexibility index (Phi) is 5.70. The van der Waals surface area contributed by atoms with Crippen LogP contribution in [-0.2, 0) is 16.0 Å². The minimum Gasteiger partial charge on any atom is -0.494 e. The highest BCUT2D eigenvalue weighted by molar-refractivity contribution is 5.82. The molecule has 0 aliphatic rings. The minimum atomic E-state index is -0.299. The lowest BCUT2D eigenvalue weighted by Gasteiger charge is -2.07. The van der Waals surface area contributed by atoms with Gasteiger partial charge in [-0.3, -0.25) is 20.4 Å². The van der Waals surface area contributed by atoms with E-state index in [1.54, 1.807) is 0 Å². The molecule has 18 heavy (non-hydrogen) atoms. The number of hydrogen-bond acceptors (Lipinski definition) is 3. The summed E-state index contributed by atoms with van der Waals surface area (Å²) in [6.45, 7) is 4.06. The minimum absolute atomic E-state index is 0.217. The molecular weight excluding hydrogens is 232 g/mol. The number of benzene rings is 1. The maximum Gasteiger partial charge on any atom is 0.242 e. The van der Waals surface area contributed by atoms with Crippen LogP contribution in [0.4, 0.5) is 0 Å². The SMILES string of the molecule is CCCOc1ccc(CC(=O)NNC(C)=O)cc1. The van der Waals surface area contributed by atoms with Crippen molar-refractivity contribution in [2.24, 2.45) is 0 Å². The molecule has 0 aliphatic carbocycles. The third-order valence-corrected chi connectivity index (χ3v) is 2.14. The summed E-state index contributed by atoms with van der Waals surface area (Å²) in [6.07, 6.45) is 1.18. The zero-order chi connectivity index (χ0) is 13.4. The molecule has 0 radical (unpaired) electrons. The monoisotopic (exact) mass is 250 g/mol. The maximum absolute atomic E-state index is 11.4. The van der Waals surface area contributed by atoms with Gasteiger partial charge in [0.15, 0.2) is 0 Å². The first-order valence-electron chi connectivity index (χ1n) is 5.89. The molecule has 98 valence electrons. The number of hydrazine groups is 1. The summed E-state index contributed by atoms with van der Waals surface area (Å²) in [7, 11) is 0. The summed E-state index contributed by atoms with van der Waals surface area (Å²) in [6, 6.07) is 7.32. The smallest absolute Gasteiger partial charge is 0.242 e. The number of hydrogen-bond donors (Lipinski definition) is 2. The second kappa shape index (κ2) is 7.32. The Balaban J connectivity index is 2.42. The molecule has 0 aromatic heterocycles. The fraction of sp³-hybridized carbons (Fsp3) is 0.385. The van der Waals surface area contributed by atoms with Crippen LogP contribution >= 0.6 is 0 Å². The zero-order valence-corrected chi connectivity index (χ0v) is 10.7. The van der Waals surface area contributed by atoms with Gasteiger partial charge in [0.2, 0.25) is 11.8 Å². The molecule has 0 spiro atoms. The predicted molar refractivity (Wildman–Crippen MR) is 67.9 cm³/mol. The molecule has 0 fully saturated rings. The Labute approximate surface area is 106 Å². The fourth-order valence-corrected chi connectivity index (χ4v) is 1.31. The molecule has 2 N–H and O–H groups in total. The quantitative estimate of drug-likeness (QED) is 0.771. The highest BCUT2D eigenvalue weighted by Crippen LogP contribution is 2.12. The summed E-state index contributed by atoms with van der Waals surface area (Å²) in [5.41, 5.74) is 5.41. The second-order valence-electron chi connectivity index (χ2n) is 3.90. The van der Waals surface area contributed by atoms with Crippen LogP contribution in [0, 0.1) is 0 Å². The molecule has 2 amide bonds. The second-order valence-corrected chi connectivity index (χ2v) is 3.90. The number of nitrogens with one attached hydrogen (secondary N) is 2. The molecule has 0 aliphatic heterocycles. The molecular formula is C13H18N2O3. The van der Waals surface area contributed by atoms with Gasteiger partial charge in [-0.2, -0.15) is 0 Å². The van der Waals surface area contributed by atoms with Gasteiger partial charge in [0.25, 0.3) is 0 Å². The summed E-state index contributed by atoms with van der Waals surface area (Å²) in [4.78, 5) is 22.0. The Morgan fingerprint density at radius 3 is 2.39 bits per heavy atom. The van der Waals surface area contributed by atoms with Crippen molar-refractivity contribution < 1.29 is 14.3 Å². The van der Waals surface area contributed by atoms with Crippen LogP contribution < -0.4 is 15.6 Å². The van der Waals surface area contributed by atoms with Gasteiger partial charge in [-0.25, -0.2) is 0 Å². The first-order valence-corrected chi connectivity index (χ1v) is 5.89. The van der Waals surface area contributed by atoms with Crippen LogP contribution in [0.1, 0.15) is 25.8 Å². The first kappa shape index (κ1) is 14.0. The van der Waals surface area contributed by atoms with Gasteiger partial charge in [0.1, 0.15) is 5.75 Å². The van der Waals surface area contributed by atoms with Gasteiger partial charge in [-0.05, 0) is 24.1 Å². The Hall–Kier alpha value is -2.04. The average molecular weight is 250 g/mol. The number of amides is 2. The van der Waals surface area contributed by atoms with Crippen molar-refractivity contribution in [1.82, 2.24) is 10.9 Å². The van der Waals surface area contributed by atoms with Crippen molar-refractivity contribution in [3.8, 4) is 5.75 Å². The normalized spacial score (nSPS) is 9.67. The van der Waals surface area contributed by atoms with Gasteiger partial charge in [-0.1, -0.05) is 19.1 Å². The van der Waals surface area contributed by atoms with E-state index in [1.165, 1.54) is 6.92 Å². The Morgan fingerprint density at radius 1 is 1.17 bits per heavy atom. The standard InChI is InChI=1S/C13H18N2O3/c1-3-8-18-12-6-4-11(5-7-12)9-13(17)15-14-10(2)16/h4-7H,3,8-9H2,1-2H3,(H,14,16)(H,15,17). The van der Waals surface area contributed by atoms with E-state index in [9.17, 15) is 9.59 Å². The lowest BCUT2D eigenvalue weighted by molar-refractivity contribution is -0.127. The largest absolute Gasteiger partial charge is 0.494 e. The fourth-order valence-electron chi connectivity index (χ4n) is 1.31. The molecule has 1 rings (SSSR count). The van der Waals surface area contributed by atoms with Crippen molar-refractivity contribution in [3.05, 3.63) is 29.8 Å². The molecule has 0 saturated heterocycles. The summed E-state index contributed by atoms with van der Waals surface area (Å²) in [5, 5.41) is 0. The van der Waals surface area contributed by atoms with Gasteiger partial charge in [-0.15, -0.1) is 0 Å². The van der Waals surface area contributed by atoms with Gasteiger partial charge >= 0.3 is 0 Å². The van der Waals surface area contributed by atoms with Crippen LogP contribution in [0.5, 0.6) is 5.75 Å². The summed E-state index contributed by atoms with van der Waals surface area (Å²) < 4.78 is 5.44. The van der Waals surface area contributed by atoms with Gasteiger partial charge in [0, 0.05) is 6.92 Å². The van der Waals surface area contributed by atoms with Crippen LogP contribution in [-0.4, -0.2) is 18.4 Å². The zero-order valence-electron chi connectivity index (χ0n) is 10.7. The predicted octanol–water partition coefficient (Wildman–Crippen LogP) is 1.19. The average Bonchev–Trinajstić information content (AvgIpc) is 2.35. The molecule has 5 nitrogen and oxygen atoms in total. The van der Waals surface area contributed by atoms with Crippen molar-refractivity contribution >= 4 is 11.8 Å². The van der Waals surface area contributed by atoms with E-state index in [4.69, 9.17) is 4.74 Å². The van der Waals surface area contributed by atoms with Crippen LogP contribution in [0.25, 0.3) is 0 Å². The molecule has 0 unspecified atom stereocenters. The molecule has 1 aromatic carbocycles. The van der Waals surface area contributed by atoms with E-state index < -0.39 is 0 Å². The number of carbonyl (C=O) groups is 2. The molecule has 0 heterocycles. The van der Waals surface area contributed by atoms with Crippen LogP contribution in [0.2, 0.25) is 0 Å². The highest BCUT2D eigenvalue weighted by atomic mass is 16.5. The number of ether oxygens (including phenoxy) is 1. The van der Waals surface area contributed by atoms with E-state index >= 15 is 0 Å². The van der Waals surface area contributed by atoms with Crippen molar-refractivity contribution in [1.29, 1.82) is 0 Å². The highest BCUT2D eigenvalue weighted by Gasteiger charge is 2.03. The molecule has 0 bridgehead atoms. The first-order chi connectivity index (χ1) is 8.61. The Bertz CT molecular complexity index is 401. The molecule has 5 heteroatoms. The van der Waals surface area contributed by atoms with Crippen molar-refractivity contribution in [2.45, 2.75) is 26.7 Å².